The lowest BCUT2D eigenvalue weighted by atomic mass is 9.93. The van der Waals surface area contributed by atoms with Crippen LogP contribution in [-0.4, -0.2) is 83.9 Å². The maximum absolute atomic E-state index is 14.3. The highest BCUT2D eigenvalue weighted by Gasteiger charge is 2.41. The third-order valence-corrected chi connectivity index (χ3v) is 6.46. The van der Waals surface area contributed by atoms with E-state index in [1.807, 2.05) is 4.90 Å². The first-order chi connectivity index (χ1) is 15.0. The van der Waals surface area contributed by atoms with Crippen molar-refractivity contribution in [2.75, 3.05) is 32.8 Å². The molecule has 1 aromatic carbocycles. The lowest BCUT2D eigenvalue weighted by Crippen LogP contribution is -2.57. The topological polar surface area (TPSA) is 79.3 Å². The number of aliphatic hydroxyl groups is 1. The summed E-state index contributed by atoms with van der Waals surface area (Å²) in [5.41, 5.74) is -0.0164. The van der Waals surface area contributed by atoms with Gasteiger partial charge in [0.2, 0.25) is 5.91 Å². The van der Waals surface area contributed by atoms with Gasteiger partial charge in [0.05, 0.1) is 43.4 Å². The summed E-state index contributed by atoms with van der Waals surface area (Å²) in [6.45, 7) is 1.96. The van der Waals surface area contributed by atoms with Crippen molar-refractivity contribution in [3.05, 3.63) is 35.6 Å². The molecule has 3 heterocycles. The largest absolute Gasteiger partial charge is 0.389 e. The molecule has 3 aliphatic heterocycles. The predicted molar refractivity (Wildman–Crippen MR) is 111 cm³/mol. The third-order valence-electron chi connectivity index (χ3n) is 6.46. The van der Waals surface area contributed by atoms with Crippen molar-refractivity contribution in [2.45, 2.75) is 62.9 Å². The molecule has 4 atom stereocenters. The molecule has 1 N–H and O–H groups in total. The molecule has 170 valence electrons. The van der Waals surface area contributed by atoms with Crippen LogP contribution < -0.4 is 0 Å². The van der Waals surface area contributed by atoms with Crippen molar-refractivity contribution in [2.24, 2.45) is 0 Å². The summed E-state index contributed by atoms with van der Waals surface area (Å²) in [6.07, 6.45) is 3.32. The van der Waals surface area contributed by atoms with Gasteiger partial charge in [-0.15, -0.1) is 0 Å². The lowest BCUT2D eigenvalue weighted by Gasteiger charge is -2.44. The number of piperidine rings is 1. The number of amides is 2. The van der Waals surface area contributed by atoms with Crippen LogP contribution in [0.2, 0.25) is 0 Å². The molecule has 3 saturated heterocycles. The Morgan fingerprint density at radius 2 is 1.87 bits per heavy atom. The molecule has 31 heavy (non-hydrogen) atoms. The van der Waals surface area contributed by atoms with Crippen LogP contribution in [0.25, 0.3) is 0 Å². The molecule has 3 aliphatic rings. The van der Waals surface area contributed by atoms with Crippen molar-refractivity contribution in [1.82, 2.24) is 9.80 Å². The Morgan fingerprint density at radius 1 is 1.10 bits per heavy atom. The molecular weight excluding hydrogens is 403 g/mol. The summed E-state index contributed by atoms with van der Waals surface area (Å²) in [4.78, 5) is 29.3. The maximum Gasteiger partial charge on any atom is 0.257 e. The van der Waals surface area contributed by atoms with Gasteiger partial charge in [0.15, 0.2) is 0 Å². The van der Waals surface area contributed by atoms with E-state index in [9.17, 15) is 19.1 Å². The number of nitrogens with zero attached hydrogens (tertiary/aromatic N) is 2. The standard InChI is InChI=1S/C23H31FN2O5/c24-19-7-3-2-6-18(19)23(29)26-13-16(27)14-30-15-21-20(26)9-8-17(31-21)12-22(28)25-10-4-1-5-11-25/h2-3,6-7,16-17,20-21,27H,1,4-5,8-15H2/t16-,17+,20+,21-/m0/s1. The van der Waals surface area contributed by atoms with Crippen molar-refractivity contribution in [3.8, 4) is 0 Å². The highest BCUT2D eigenvalue weighted by atomic mass is 19.1. The number of benzene rings is 1. The van der Waals surface area contributed by atoms with Gasteiger partial charge in [-0.25, -0.2) is 4.39 Å². The molecule has 7 nitrogen and oxygen atoms in total. The van der Waals surface area contributed by atoms with Crippen LogP contribution in [0.4, 0.5) is 4.39 Å². The van der Waals surface area contributed by atoms with Crippen molar-refractivity contribution >= 4 is 11.8 Å². The second kappa shape index (κ2) is 10.1. The fourth-order valence-corrected chi connectivity index (χ4v) is 4.83. The highest BCUT2D eigenvalue weighted by Crippen LogP contribution is 2.29. The van der Waals surface area contributed by atoms with E-state index < -0.39 is 23.9 Å². The third kappa shape index (κ3) is 5.25. The van der Waals surface area contributed by atoms with Gasteiger partial charge in [0, 0.05) is 19.6 Å². The quantitative estimate of drug-likeness (QED) is 0.787. The molecule has 0 bridgehead atoms. The van der Waals surface area contributed by atoms with Crippen LogP contribution in [0.15, 0.2) is 24.3 Å². The Morgan fingerprint density at radius 3 is 2.65 bits per heavy atom. The first-order valence-corrected chi connectivity index (χ1v) is 11.3. The van der Waals surface area contributed by atoms with Crippen LogP contribution in [0.3, 0.4) is 0 Å². The smallest absolute Gasteiger partial charge is 0.257 e. The van der Waals surface area contributed by atoms with E-state index >= 15 is 0 Å². The molecule has 1 aromatic rings. The van der Waals surface area contributed by atoms with Gasteiger partial charge in [0.25, 0.3) is 5.91 Å². The van der Waals surface area contributed by atoms with E-state index in [0.29, 0.717) is 19.3 Å². The molecule has 8 heteroatoms. The molecule has 4 rings (SSSR count). The van der Waals surface area contributed by atoms with E-state index in [4.69, 9.17) is 9.47 Å². The van der Waals surface area contributed by atoms with Gasteiger partial charge in [0.1, 0.15) is 11.9 Å². The zero-order valence-electron chi connectivity index (χ0n) is 17.7. The van der Waals surface area contributed by atoms with Crippen LogP contribution in [0.5, 0.6) is 0 Å². The minimum atomic E-state index is -0.852. The van der Waals surface area contributed by atoms with Crippen LogP contribution >= 0.6 is 0 Å². The van der Waals surface area contributed by atoms with Crippen LogP contribution in [-0.2, 0) is 14.3 Å². The first-order valence-electron chi connectivity index (χ1n) is 11.3. The monoisotopic (exact) mass is 434 g/mol. The van der Waals surface area contributed by atoms with E-state index in [0.717, 1.165) is 25.9 Å². The maximum atomic E-state index is 14.3. The molecule has 0 radical (unpaired) electrons. The first kappa shape index (κ1) is 22.2. The minimum Gasteiger partial charge on any atom is -0.389 e. The summed E-state index contributed by atoms with van der Waals surface area (Å²) in [5.74, 6) is -0.927. The number of hydrogen-bond acceptors (Lipinski definition) is 5. The second-order valence-corrected chi connectivity index (χ2v) is 8.72. The Kier molecular flexibility index (Phi) is 7.20. The SMILES string of the molecule is O=C(C[C@H]1CC[C@@H]2[C@H](COC[C@@H](O)CN2C(=O)c2ccccc2F)O1)N1CCCCC1. The highest BCUT2D eigenvalue weighted by molar-refractivity contribution is 5.94. The molecule has 0 aromatic heterocycles. The van der Waals surface area contributed by atoms with Gasteiger partial charge in [-0.05, 0) is 44.2 Å². The fraction of sp³-hybridized carbons (Fsp3) is 0.652. The van der Waals surface area contributed by atoms with Crippen molar-refractivity contribution in [3.63, 3.8) is 0 Å². The van der Waals surface area contributed by atoms with Gasteiger partial charge in [-0.1, -0.05) is 12.1 Å². The molecule has 3 fully saturated rings. The Labute approximate surface area is 182 Å². The summed E-state index contributed by atoms with van der Waals surface area (Å²) in [5, 5.41) is 10.3. The van der Waals surface area contributed by atoms with Gasteiger partial charge in [-0.2, -0.15) is 0 Å². The molecule has 2 amide bonds. The van der Waals surface area contributed by atoms with E-state index in [1.165, 1.54) is 23.5 Å². The number of hydrogen-bond donors (Lipinski definition) is 1. The number of carbonyl (C=O) groups is 2. The van der Waals surface area contributed by atoms with Gasteiger partial charge >= 0.3 is 0 Å². The molecule has 0 unspecified atom stereocenters. The number of ether oxygens (including phenoxy) is 2. The Balaban J connectivity index is 1.46. The molecular formula is C23H31FN2O5. The zero-order chi connectivity index (χ0) is 21.8. The number of β-amino-alcohol motifs (C(OH)–C–C–N with tert-alkyl or cyclic N) is 1. The van der Waals surface area contributed by atoms with Crippen LogP contribution in [0, 0.1) is 5.82 Å². The van der Waals surface area contributed by atoms with Gasteiger partial charge < -0.3 is 24.4 Å². The van der Waals surface area contributed by atoms with Crippen LogP contribution in [0.1, 0.15) is 48.9 Å². The van der Waals surface area contributed by atoms with Crippen molar-refractivity contribution < 1.29 is 28.6 Å². The molecule has 0 saturated carbocycles. The van der Waals surface area contributed by atoms with Crippen molar-refractivity contribution in [1.29, 1.82) is 0 Å². The Bertz CT molecular complexity index is 785. The number of aliphatic hydroxyl groups excluding tert-OH is 1. The average molecular weight is 435 g/mol. The summed E-state index contributed by atoms with van der Waals surface area (Å²) in [7, 11) is 0. The number of rotatable bonds is 3. The van der Waals surface area contributed by atoms with E-state index in [-0.39, 0.29) is 43.4 Å². The number of likely N-dealkylation sites (tertiary alicyclic amines) is 1. The van der Waals surface area contributed by atoms with E-state index in [2.05, 4.69) is 0 Å². The lowest BCUT2D eigenvalue weighted by molar-refractivity contribution is -0.155. The molecule has 0 aliphatic carbocycles. The average Bonchev–Trinajstić information content (AvgIpc) is 2.77. The molecule has 0 spiro atoms. The summed E-state index contributed by atoms with van der Waals surface area (Å²) in [6, 6.07) is 5.53. The Hall–Kier alpha value is -2.03. The fourth-order valence-electron chi connectivity index (χ4n) is 4.83. The van der Waals surface area contributed by atoms with E-state index in [1.54, 1.807) is 12.1 Å². The normalized spacial score (nSPS) is 29.6. The summed E-state index contributed by atoms with van der Waals surface area (Å²) < 4.78 is 26.1. The minimum absolute atomic E-state index is 0.0164. The summed E-state index contributed by atoms with van der Waals surface area (Å²) >= 11 is 0. The number of fused-ring (bicyclic) bond motifs is 1. The zero-order valence-corrected chi connectivity index (χ0v) is 17.7. The van der Waals surface area contributed by atoms with Gasteiger partial charge in [-0.3, -0.25) is 9.59 Å². The second-order valence-electron chi connectivity index (χ2n) is 8.72. The number of halogens is 1. The predicted octanol–water partition coefficient (Wildman–Crippen LogP) is 1.98. The number of carbonyl (C=O) groups excluding carboxylic acids is 2.